The van der Waals surface area contributed by atoms with Gasteiger partial charge in [0.25, 0.3) is 0 Å². The van der Waals surface area contributed by atoms with Crippen LogP contribution in [0.2, 0.25) is 0 Å². The van der Waals surface area contributed by atoms with Gasteiger partial charge in [-0.3, -0.25) is 0 Å². The zero-order chi connectivity index (χ0) is 19.4. The van der Waals surface area contributed by atoms with Crippen molar-refractivity contribution in [1.82, 2.24) is 0 Å². The molecule has 0 radical (unpaired) electrons. The van der Waals surface area contributed by atoms with Gasteiger partial charge in [0, 0.05) is 0 Å². The van der Waals surface area contributed by atoms with Gasteiger partial charge in [0.15, 0.2) is 11.6 Å². The van der Waals surface area contributed by atoms with E-state index < -0.39 is 23.2 Å². The Morgan fingerprint density at radius 2 is 1.41 bits per heavy atom. The van der Waals surface area contributed by atoms with Crippen LogP contribution in [0.1, 0.15) is 19.4 Å². The molecule has 0 saturated carbocycles. The van der Waals surface area contributed by atoms with E-state index in [1.54, 1.807) is 25.1 Å². The van der Waals surface area contributed by atoms with E-state index in [1.165, 1.54) is 30.3 Å². The van der Waals surface area contributed by atoms with Crippen molar-refractivity contribution in [2.24, 2.45) is 0 Å². The van der Waals surface area contributed by atoms with Crippen molar-refractivity contribution < 1.29 is 27.4 Å². The molecule has 0 aromatic heterocycles. The molecule has 0 atom stereocenters. The number of fused-ring (bicyclic) bond motifs is 1. The third-order valence-electron chi connectivity index (χ3n) is 3.91. The molecule has 0 saturated heterocycles. The lowest BCUT2D eigenvalue weighted by Gasteiger charge is -2.19. The quantitative estimate of drug-likeness (QED) is 0.513. The Balaban J connectivity index is 1.87. The van der Waals surface area contributed by atoms with E-state index in [2.05, 4.69) is 0 Å². The van der Waals surface area contributed by atoms with Crippen LogP contribution >= 0.6 is 0 Å². The van der Waals surface area contributed by atoms with E-state index >= 15 is 0 Å². The van der Waals surface area contributed by atoms with Gasteiger partial charge in [0.2, 0.25) is 0 Å². The first-order valence-corrected chi connectivity index (χ1v) is 8.59. The van der Waals surface area contributed by atoms with Crippen molar-refractivity contribution in [3.05, 3.63) is 66.0 Å². The first-order chi connectivity index (χ1) is 12.9. The molecule has 6 heteroatoms. The van der Waals surface area contributed by atoms with Crippen molar-refractivity contribution in [1.29, 1.82) is 0 Å². The van der Waals surface area contributed by atoms with Gasteiger partial charge in [-0.2, -0.15) is 8.78 Å². The van der Waals surface area contributed by atoms with Gasteiger partial charge in [0.05, 0.1) is 18.8 Å². The summed E-state index contributed by atoms with van der Waals surface area (Å²) in [6.45, 7) is 4.54. The van der Waals surface area contributed by atoms with Crippen LogP contribution in [-0.4, -0.2) is 13.2 Å². The Hall–Kier alpha value is -2.89. The van der Waals surface area contributed by atoms with E-state index in [9.17, 15) is 13.2 Å². The fourth-order valence-corrected chi connectivity index (χ4v) is 2.67. The molecular formula is C21H19F3O3. The molecule has 0 heterocycles. The van der Waals surface area contributed by atoms with Gasteiger partial charge in [0.1, 0.15) is 11.5 Å². The average molecular weight is 376 g/mol. The van der Waals surface area contributed by atoms with E-state index in [0.29, 0.717) is 35.5 Å². The van der Waals surface area contributed by atoms with Crippen molar-refractivity contribution in [3.63, 3.8) is 0 Å². The van der Waals surface area contributed by atoms with Crippen LogP contribution in [0.5, 0.6) is 17.2 Å². The number of hydrogen-bond donors (Lipinski definition) is 0. The molecule has 3 rings (SSSR count). The summed E-state index contributed by atoms with van der Waals surface area (Å²) in [6, 6.07) is 12.6. The zero-order valence-electron chi connectivity index (χ0n) is 15.0. The SMILES string of the molecule is CCOc1ccc(C(F)(F)Oc2cc3ccc(OCC)cc3cc2F)cc1. The van der Waals surface area contributed by atoms with E-state index in [1.807, 2.05) is 6.92 Å². The Labute approximate surface area is 155 Å². The van der Waals surface area contributed by atoms with Gasteiger partial charge in [-0.15, -0.1) is 0 Å². The van der Waals surface area contributed by atoms with Crippen LogP contribution in [0.15, 0.2) is 54.6 Å². The maximum absolute atomic E-state index is 14.5. The average Bonchev–Trinajstić information content (AvgIpc) is 2.63. The maximum atomic E-state index is 14.5. The highest BCUT2D eigenvalue weighted by Gasteiger charge is 2.35. The highest BCUT2D eigenvalue weighted by atomic mass is 19.3. The molecule has 0 unspecified atom stereocenters. The minimum Gasteiger partial charge on any atom is -0.494 e. The summed E-state index contributed by atoms with van der Waals surface area (Å²) in [7, 11) is 0. The number of halogens is 3. The number of alkyl halides is 2. The van der Waals surface area contributed by atoms with E-state index in [0.717, 1.165) is 6.07 Å². The standard InChI is InChI=1S/C21H19F3O3/c1-3-25-17-9-6-16(7-10-17)21(23,24)27-20-13-14-5-8-18(26-4-2)11-15(14)12-19(20)22/h5-13H,3-4H2,1-2H3. The molecule has 0 aliphatic heterocycles. The van der Waals surface area contributed by atoms with Crippen LogP contribution < -0.4 is 14.2 Å². The molecule has 3 nitrogen and oxygen atoms in total. The predicted octanol–water partition coefficient (Wildman–Crippen LogP) is 5.90. The van der Waals surface area contributed by atoms with E-state index in [4.69, 9.17) is 14.2 Å². The van der Waals surface area contributed by atoms with Gasteiger partial charge >= 0.3 is 6.11 Å². The Morgan fingerprint density at radius 3 is 2.07 bits per heavy atom. The Morgan fingerprint density at radius 1 is 0.778 bits per heavy atom. The monoisotopic (exact) mass is 376 g/mol. The Bertz CT molecular complexity index is 924. The first-order valence-electron chi connectivity index (χ1n) is 8.59. The molecule has 142 valence electrons. The number of hydrogen-bond acceptors (Lipinski definition) is 3. The molecule has 3 aromatic carbocycles. The zero-order valence-corrected chi connectivity index (χ0v) is 15.0. The summed E-state index contributed by atoms with van der Waals surface area (Å²) in [5.74, 6) is -0.343. The van der Waals surface area contributed by atoms with Crippen LogP contribution in [-0.2, 0) is 6.11 Å². The van der Waals surface area contributed by atoms with Crippen LogP contribution in [0.3, 0.4) is 0 Å². The number of ether oxygens (including phenoxy) is 3. The lowest BCUT2D eigenvalue weighted by Crippen LogP contribution is -2.22. The van der Waals surface area contributed by atoms with Crippen molar-refractivity contribution in [2.45, 2.75) is 20.0 Å². The summed E-state index contributed by atoms with van der Waals surface area (Å²) in [5, 5.41) is 1.10. The van der Waals surface area contributed by atoms with Gasteiger partial charge in [-0.05, 0) is 73.2 Å². The summed E-state index contributed by atoms with van der Waals surface area (Å²) in [4.78, 5) is 0. The third-order valence-corrected chi connectivity index (χ3v) is 3.91. The second-order valence-corrected chi connectivity index (χ2v) is 5.80. The molecule has 3 aromatic rings. The third kappa shape index (κ3) is 4.27. The van der Waals surface area contributed by atoms with Crippen LogP contribution in [0.25, 0.3) is 10.8 Å². The Kier molecular flexibility index (Phi) is 5.44. The summed E-state index contributed by atoms with van der Waals surface area (Å²) in [6.07, 6.45) is -3.69. The maximum Gasteiger partial charge on any atom is 0.426 e. The van der Waals surface area contributed by atoms with Crippen LogP contribution in [0.4, 0.5) is 13.2 Å². The lowest BCUT2D eigenvalue weighted by molar-refractivity contribution is -0.186. The highest BCUT2D eigenvalue weighted by Crippen LogP contribution is 2.36. The molecule has 0 amide bonds. The minimum atomic E-state index is -3.69. The predicted molar refractivity (Wildman–Crippen MR) is 97.2 cm³/mol. The van der Waals surface area contributed by atoms with Crippen LogP contribution in [0, 0.1) is 5.82 Å². The first kappa shape index (κ1) is 18.9. The van der Waals surface area contributed by atoms with Gasteiger partial charge in [-0.1, -0.05) is 6.07 Å². The van der Waals surface area contributed by atoms with Crippen molar-refractivity contribution >= 4 is 10.8 Å². The smallest absolute Gasteiger partial charge is 0.426 e. The van der Waals surface area contributed by atoms with E-state index in [-0.39, 0.29) is 0 Å². The minimum absolute atomic E-state index is 0.392. The fraction of sp³-hybridized carbons (Fsp3) is 0.238. The fourth-order valence-electron chi connectivity index (χ4n) is 2.67. The number of rotatable bonds is 7. The number of benzene rings is 3. The molecule has 0 aliphatic rings. The lowest BCUT2D eigenvalue weighted by atomic mass is 10.1. The van der Waals surface area contributed by atoms with Gasteiger partial charge in [-0.25, -0.2) is 4.39 Å². The molecule has 0 spiro atoms. The summed E-state index contributed by atoms with van der Waals surface area (Å²) in [5.41, 5.74) is -0.392. The largest absolute Gasteiger partial charge is 0.494 e. The second-order valence-electron chi connectivity index (χ2n) is 5.80. The highest BCUT2D eigenvalue weighted by molar-refractivity contribution is 5.85. The molecule has 0 N–H and O–H groups in total. The van der Waals surface area contributed by atoms with Gasteiger partial charge < -0.3 is 14.2 Å². The topological polar surface area (TPSA) is 27.7 Å². The molecular weight excluding hydrogens is 357 g/mol. The second kappa shape index (κ2) is 7.78. The molecule has 0 bridgehead atoms. The van der Waals surface area contributed by atoms with Crippen molar-refractivity contribution in [3.8, 4) is 17.2 Å². The molecule has 0 fully saturated rings. The van der Waals surface area contributed by atoms with Crippen molar-refractivity contribution in [2.75, 3.05) is 13.2 Å². The molecule has 27 heavy (non-hydrogen) atoms. The summed E-state index contributed by atoms with van der Waals surface area (Å²) >= 11 is 0. The summed E-state index contributed by atoms with van der Waals surface area (Å²) < 4.78 is 58.6. The molecule has 0 aliphatic carbocycles. The normalized spacial score (nSPS) is 11.4.